The third kappa shape index (κ3) is 2.40. The molecule has 0 amide bonds. The Bertz CT molecular complexity index is 508. The second kappa shape index (κ2) is 5.16. The minimum atomic E-state index is 0.0306. The van der Waals surface area contributed by atoms with Crippen LogP contribution in [0.4, 0.5) is 0 Å². The molecule has 96 valence electrons. The fourth-order valence-corrected chi connectivity index (χ4v) is 4.05. The Hall–Kier alpha value is -0.640. The van der Waals surface area contributed by atoms with Crippen molar-refractivity contribution in [2.24, 2.45) is 5.92 Å². The van der Waals surface area contributed by atoms with Gasteiger partial charge in [-0.1, -0.05) is 19.1 Å². The lowest BCUT2D eigenvalue weighted by Gasteiger charge is -2.19. The number of ether oxygens (including phenoxy) is 1. The van der Waals surface area contributed by atoms with Gasteiger partial charge in [0.15, 0.2) is 0 Å². The van der Waals surface area contributed by atoms with Crippen molar-refractivity contribution in [1.82, 2.24) is 4.98 Å². The maximum atomic E-state index is 6.49. The third-order valence-electron chi connectivity index (χ3n) is 3.51. The van der Waals surface area contributed by atoms with Gasteiger partial charge in [-0.05, 0) is 24.5 Å². The Morgan fingerprint density at radius 1 is 1.50 bits per heavy atom. The zero-order valence-corrected chi connectivity index (χ0v) is 11.9. The van der Waals surface area contributed by atoms with Gasteiger partial charge in [0.2, 0.25) is 0 Å². The highest BCUT2D eigenvalue weighted by molar-refractivity contribution is 7.18. The molecule has 1 aromatic heterocycles. The molecule has 0 radical (unpaired) electrons. The van der Waals surface area contributed by atoms with Crippen molar-refractivity contribution < 1.29 is 4.74 Å². The number of rotatable bonds is 3. The van der Waals surface area contributed by atoms with Crippen LogP contribution in [0.5, 0.6) is 0 Å². The number of hydrogen-bond acceptors (Lipinski definition) is 3. The van der Waals surface area contributed by atoms with E-state index in [0.717, 1.165) is 30.0 Å². The highest BCUT2D eigenvalue weighted by Crippen LogP contribution is 2.30. The molecule has 0 spiro atoms. The minimum absolute atomic E-state index is 0.0306. The number of halogens is 1. The van der Waals surface area contributed by atoms with Crippen LogP contribution in [0.3, 0.4) is 0 Å². The van der Waals surface area contributed by atoms with E-state index in [0.29, 0.717) is 5.92 Å². The van der Waals surface area contributed by atoms with Crippen LogP contribution in [0.25, 0.3) is 10.2 Å². The van der Waals surface area contributed by atoms with Gasteiger partial charge in [0.1, 0.15) is 0 Å². The van der Waals surface area contributed by atoms with Crippen LogP contribution in [0.2, 0.25) is 0 Å². The molecule has 1 aromatic carbocycles. The van der Waals surface area contributed by atoms with Gasteiger partial charge in [-0.2, -0.15) is 0 Å². The predicted molar refractivity (Wildman–Crippen MR) is 76.5 cm³/mol. The van der Waals surface area contributed by atoms with Crippen LogP contribution in [0, 0.1) is 5.92 Å². The smallest absolute Gasteiger partial charge is 0.0954 e. The predicted octanol–water partition coefficient (Wildman–Crippen LogP) is 3.87. The average molecular weight is 282 g/mol. The quantitative estimate of drug-likeness (QED) is 0.797. The number of fused-ring (bicyclic) bond motifs is 1. The van der Waals surface area contributed by atoms with Crippen molar-refractivity contribution in [3.63, 3.8) is 0 Å². The first kappa shape index (κ1) is 12.4. The van der Waals surface area contributed by atoms with E-state index in [2.05, 4.69) is 18.0 Å². The normalized spacial score (nSPS) is 25.7. The van der Waals surface area contributed by atoms with Gasteiger partial charge >= 0.3 is 0 Å². The average Bonchev–Trinajstić information content (AvgIpc) is 2.94. The van der Waals surface area contributed by atoms with E-state index in [1.54, 1.807) is 11.3 Å². The largest absolute Gasteiger partial charge is 0.376 e. The lowest BCUT2D eigenvalue weighted by molar-refractivity contribution is 0.0903. The summed E-state index contributed by atoms with van der Waals surface area (Å²) in [4.78, 5) is 4.63. The van der Waals surface area contributed by atoms with Gasteiger partial charge < -0.3 is 4.74 Å². The highest BCUT2D eigenvalue weighted by Gasteiger charge is 2.31. The number of nitrogens with zero attached hydrogens (tertiary/aromatic N) is 1. The topological polar surface area (TPSA) is 22.1 Å². The van der Waals surface area contributed by atoms with Crippen molar-refractivity contribution in [3.05, 3.63) is 29.3 Å². The molecule has 18 heavy (non-hydrogen) atoms. The third-order valence-corrected chi connectivity index (χ3v) is 4.97. The summed E-state index contributed by atoms with van der Waals surface area (Å²) >= 11 is 8.22. The lowest BCUT2D eigenvalue weighted by atomic mass is 10.00. The first-order valence-corrected chi connectivity index (χ1v) is 7.59. The second-order valence-electron chi connectivity index (χ2n) is 4.90. The van der Waals surface area contributed by atoms with Crippen LogP contribution in [-0.2, 0) is 11.2 Å². The molecular weight excluding hydrogens is 266 g/mol. The van der Waals surface area contributed by atoms with Crippen LogP contribution in [0.1, 0.15) is 18.4 Å². The molecule has 1 aliphatic rings. The van der Waals surface area contributed by atoms with Gasteiger partial charge in [-0.25, -0.2) is 4.98 Å². The standard InChI is InChI=1S/C14H16ClNOS/c1-9-6-7-17-14(9)10(15)8-13-16-11-4-2-3-5-12(11)18-13/h2-5,9-10,14H,6-8H2,1H3. The van der Waals surface area contributed by atoms with Crippen LogP contribution >= 0.6 is 22.9 Å². The Morgan fingerprint density at radius 2 is 2.33 bits per heavy atom. The molecule has 1 fully saturated rings. The molecule has 0 bridgehead atoms. The second-order valence-corrected chi connectivity index (χ2v) is 6.57. The molecule has 3 atom stereocenters. The summed E-state index contributed by atoms with van der Waals surface area (Å²) in [5.74, 6) is 0.557. The molecule has 2 heterocycles. The van der Waals surface area contributed by atoms with Gasteiger partial charge in [-0.15, -0.1) is 22.9 Å². The molecule has 1 saturated heterocycles. The van der Waals surface area contributed by atoms with E-state index < -0.39 is 0 Å². The summed E-state index contributed by atoms with van der Waals surface area (Å²) in [6.45, 7) is 3.06. The Labute approximate surface area is 116 Å². The number of aromatic nitrogens is 1. The summed E-state index contributed by atoms with van der Waals surface area (Å²) in [7, 11) is 0. The van der Waals surface area contributed by atoms with E-state index in [1.807, 2.05) is 18.2 Å². The maximum absolute atomic E-state index is 6.49. The van der Waals surface area contributed by atoms with Gasteiger partial charge in [0.25, 0.3) is 0 Å². The highest BCUT2D eigenvalue weighted by atomic mass is 35.5. The fourth-order valence-electron chi connectivity index (χ4n) is 2.47. The summed E-state index contributed by atoms with van der Waals surface area (Å²) in [6.07, 6.45) is 2.10. The molecule has 0 saturated carbocycles. The van der Waals surface area contributed by atoms with E-state index >= 15 is 0 Å². The maximum Gasteiger partial charge on any atom is 0.0954 e. The summed E-state index contributed by atoms with van der Waals surface area (Å²) < 4.78 is 6.95. The number of alkyl halides is 1. The SMILES string of the molecule is CC1CCOC1C(Cl)Cc1nc2ccccc2s1. The van der Waals surface area contributed by atoms with Crippen LogP contribution in [0.15, 0.2) is 24.3 Å². The Balaban J connectivity index is 1.75. The van der Waals surface area contributed by atoms with Crippen LogP contribution < -0.4 is 0 Å². The summed E-state index contributed by atoms with van der Waals surface area (Å²) in [5, 5.41) is 1.14. The zero-order valence-electron chi connectivity index (χ0n) is 10.3. The molecule has 2 aromatic rings. The molecule has 0 N–H and O–H groups in total. The van der Waals surface area contributed by atoms with Crippen molar-refractivity contribution in [2.45, 2.75) is 31.2 Å². The number of thiazole rings is 1. The zero-order chi connectivity index (χ0) is 12.5. The summed E-state index contributed by atoms with van der Waals surface area (Å²) in [6, 6.07) is 8.22. The molecule has 1 aliphatic heterocycles. The molecule has 2 nitrogen and oxygen atoms in total. The van der Waals surface area contributed by atoms with Crippen LogP contribution in [-0.4, -0.2) is 23.1 Å². The number of benzene rings is 1. The van der Waals surface area contributed by atoms with E-state index in [-0.39, 0.29) is 11.5 Å². The monoisotopic (exact) mass is 281 g/mol. The van der Waals surface area contributed by atoms with E-state index in [9.17, 15) is 0 Å². The Kier molecular flexibility index (Phi) is 3.55. The molecular formula is C14H16ClNOS. The van der Waals surface area contributed by atoms with E-state index in [4.69, 9.17) is 16.3 Å². The number of hydrogen-bond donors (Lipinski definition) is 0. The van der Waals surface area contributed by atoms with Crippen molar-refractivity contribution >= 4 is 33.2 Å². The fraction of sp³-hybridized carbons (Fsp3) is 0.500. The summed E-state index contributed by atoms with van der Waals surface area (Å²) in [5.41, 5.74) is 1.07. The minimum Gasteiger partial charge on any atom is -0.376 e. The first-order valence-electron chi connectivity index (χ1n) is 6.34. The van der Waals surface area contributed by atoms with Gasteiger partial charge in [-0.3, -0.25) is 0 Å². The lowest BCUT2D eigenvalue weighted by Crippen LogP contribution is -2.27. The molecule has 4 heteroatoms. The van der Waals surface area contributed by atoms with Crippen molar-refractivity contribution in [2.75, 3.05) is 6.61 Å². The Morgan fingerprint density at radius 3 is 3.06 bits per heavy atom. The van der Waals surface area contributed by atoms with Gasteiger partial charge in [0.05, 0.1) is 26.7 Å². The first-order chi connectivity index (χ1) is 8.74. The molecule has 0 aliphatic carbocycles. The number of para-hydroxylation sites is 1. The van der Waals surface area contributed by atoms with E-state index in [1.165, 1.54) is 4.70 Å². The van der Waals surface area contributed by atoms with Crippen molar-refractivity contribution in [1.29, 1.82) is 0 Å². The van der Waals surface area contributed by atoms with Crippen molar-refractivity contribution in [3.8, 4) is 0 Å². The van der Waals surface area contributed by atoms with Gasteiger partial charge in [0, 0.05) is 13.0 Å². The molecule has 3 unspecified atom stereocenters. The molecule has 3 rings (SSSR count).